The highest BCUT2D eigenvalue weighted by Gasteiger charge is 2.42. The number of carboxylic acid groups (broad SMARTS) is 1. The fraction of sp³-hybridized carbons (Fsp3) is 0.467. The minimum Gasteiger partial charge on any atom is -0.482 e. The van der Waals surface area contributed by atoms with Crippen LogP contribution in [0.15, 0.2) is 24.3 Å². The van der Waals surface area contributed by atoms with Gasteiger partial charge in [-0.3, -0.25) is 4.79 Å². The number of carbonyl (C=O) groups excluding carboxylic acids is 1. The molecular weight excluding hydrogens is 272 g/mol. The van der Waals surface area contributed by atoms with Crippen molar-refractivity contribution in [2.75, 3.05) is 11.9 Å². The van der Waals surface area contributed by atoms with Crippen LogP contribution in [0.5, 0.6) is 5.75 Å². The highest BCUT2D eigenvalue weighted by atomic mass is 16.5. The van der Waals surface area contributed by atoms with E-state index in [2.05, 4.69) is 5.32 Å². The van der Waals surface area contributed by atoms with E-state index >= 15 is 0 Å². The minimum atomic E-state index is -1.05. The number of nitrogens with one attached hydrogen (secondary N) is 1. The van der Waals surface area contributed by atoms with Gasteiger partial charge in [0, 0.05) is 17.8 Å². The summed E-state index contributed by atoms with van der Waals surface area (Å²) in [5, 5.41) is 11.4. The molecule has 1 amide bonds. The SMILES string of the molecule is CC1(C(=O)Nc2cccc(OCC(=O)O)c2)CCCC1N. The number of carboxylic acids is 1. The average Bonchev–Trinajstić information content (AvgIpc) is 2.78. The molecule has 6 heteroatoms. The van der Waals surface area contributed by atoms with E-state index < -0.39 is 18.0 Å². The van der Waals surface area contributed by atoms with Crippen molar-refractivity contribution in [3.63, 3.8) is 0 Å². The maximum atomic E-state index is 12.4. The summed E-state index contributed by atoms with van der Waals surface area (Å²) in [6.45, 7) is 1.46. The Bertz CT molecular complexity index is 546. The van der Waals surface area contributed by atoms with Crippen LogP contribution in [0.1, 0.15) is 26.2 Å². The predicted molar refractivity (Wildman–Crippen MR) is 78.1 cm³/mol. The fourth-order valence-electron chi connectivity index (χ4n) is 2.56. The molecule has 0 heterocycles. The third-order valence-electron chi connectivity index (χ3n) is 4.00. The molecule has 2 rings (SSSR count). The number of rotatable bonds is 5. The third-order valence-corrected chi connectivity index (χ3v) is 4.00. The highest BCUT2D eigenvalue weighted by Crippen LogP contribution is 2.37. The van der Waals surface area contributed by atoms with Crippen molar-refractivity contribution in [1.82, 2.24) is 0 Å². The molecule has 0 saturated heterocycles. The van der Waals surface area contributed by atoms with Gasteiger partial charge in [0.1, 0.15) is 5.75 Å². The smallest absolute Gasteiger partial charge is 0.341 e. The highest BCUT2D eigenvalue weighted by molar-refractivity contribution is 5.96. The van der Waals surface area contributed by atoms with E-state index in [1.54, 1.807) is 24.3 Å². The Morgan fingerprint density at radius 2 is 2.29 bits per heavy atom. The molecule has 2 unspecified atom stereocenters. The number of nitrogens with two attached hydrogens (primary N) is 1. The lowest BCUT2D eigenvalue weighted by Gasteiger charge is -2.27. The van der Waals surface area contributed by atoms with Crippen molar-refractivity contribution in [3.05, 3.63) is 24.3 Å². The van der Waals surface area contributed by atoms with Gasteiger partial charge < -0.3 is 20.9 Å². The summed E-state index contributed by atoms with van der Waals surface area (Å²) in [5.41, 5.74) is 6.04. The van der Waals surface area contributed by atoms with Crippen LogP contribution in [0.4, 0.5) is 5.69 Å². The number of hydrogen-bond donors (Lipinski definition) is 3. The van der Waals surface area contributed by atoms with Crippen LogP contribution in [0.25, 0.3) is 0 Å². The number of anilines is 1. The van der Waals surface area contributed by atoms with E-state index in [0.29, 0.717) is 11.4 Å². The van der Waals surface area contributed by atoms with Crippen LogP contribution >= 0.6 is 0 Å². The second kappa shape index (κ2) is 6.13. The van der Waals surface area contributed by atoms with E-state index in [1.807, 2.05) is 6.92 Å². The number of amides is 1. The molecule has 0 aromatic heterocycles. The Labute approximate surface area is 123 Å². The first-order valence-corrected chi connectivity index (χ1v) is 6.93. The number of carbonyl (C=O) groups is 2. The van der Waals surface area contributed by atoms with Gasteiger partial charge in [-0.05, 0) is 31.9 Å². The molecule has 0 spiro atoms. The van der Waals surface area contributed by atoms with Crippen LogP contribution in [0.3, 0.4) is 0 Å². The number of benzene rings is 1. The Morgan fingerprint density at radius 1 is 1.52 bits per heavy atom. The molecule has 21 heavy (non-hydrogen) atoms. The normalized spacial score (nSPS) is 24.6. The van der Waals surface area contributed by atoms with Gasteiger partial charge in [0.15, 0.2) is 6.61 Å². The molecule has 1 aliphatic rings. The predicted octanol–water partition coefficient (Wildman–Crippen LogP) is 1.61. The molecule has 1 saturated carbocycles. The van der Waals surface area contributed by atoms with Crippen molar-refractivity contribution in [1.29, 1.82) is 0 Å². The van der Waals surface area contributed by atoms with Gasteiger partial charge in [0.2, 0.25) is 5.91 Å². The Morgan fingerprint density at radius 3 is 2.90 bits per heavy atom. The first-order chi connectivity index (χ1) is 9.91. The third kappa shape index (κ3) is 3.52. The molecule has 0 bridgehead atoms. The van der Waals surface area contributed by atoms with Gasteiger partial charge >= 0.3 is 5.97 Å². The maximum Gasteiger partial charge on any atom is 0.341 e. The van der Waals surface area contributed by atoms with Gasteiger partial charge in [0.05, 0.1) is 5.41 Å². The average molecular weight is 292 g/mol. The Hall–Kier alpha value is -2.08. The van der Waals surface area contributed by atoms with Crippen LogP contribution in [-0.4, -0.2) is 29.6 Å². The molecular formula is C15H20N2O4. The summed E-state index contributed by atoms with van der Waals surface area (Å²) < 4.78 is 5.09. The zero-order chi connectivity index (χ0) is 15.5. The van der Waals surface area contributed by atoms with Gasteiger partial charge in [-0.25, -0.2) is 4.79 Å². The van der Waals surface area contributed by atoms with Crippen molar-refractivity contribution < 1.29 is 19.4 Å². The number of ether oxygens (including phenoxy) is 1. The van der Waals surface area contributed by atoms with Gasteiger partial charge in [-0.1, -0.05) is 12.5 Å². The van der Waals surface area contributed by atoms with Crippen molar-refractivity contribution in [2.24, 2.45) is 11.1 Å². The molecule has 0 aliphatic heterocycles. The molecule has 114 valence electrons. The summed E-state index contributed by atoms with van der Waals surface area (Å²) in [5.74, 6) is -0.757. The van der Waals surface area contributed by atoms with E-state index in [4.69, 9.17) is 15.6 Å². The fourth-order valence-corrected chi connectivity index (χ4v) is 2.56. The second-order valence-electron chi connectivity index (χ2n) is 5.58. The largest absolute Gasteiger partial charge is 0.482 e. The van der Waals surface area contributed by atoms with Gasteiger partial charge in [-0.2, -0.15) is 0 Å². The summed E-state index contributed by atoms with van der Waals surface area (Å²) >= 11 is 0. The summed E-state index contributed by atoms with van der Waals surface area (Å²) in [7, 11) is 0. The van der Waals surface area contributed by atoms with E-state index in [0.717, 1.165) is 19.3 Å². The standard InChI is InChI=1S/C15H20N2O4/c1-15(7-3-6-12(15)16)14(20)17-10-4-2-5-11(8-10)21-9-13(18)19/h2,4-5,8,12H,3,6-7,9,16H2,1H3,(H,17,20)(H,18,19). The van der Waals surface area contributed by atoms with Crippen molar-refractivity contribution in [2.45, 2.75) is 32.2 Å². The number of hydrogen-bond acceptors (Lipinski definition) is 4. The van der Waals surface area contributed by atoms with Crippen molar-refractivity contribution >= 4 is 17.6 Å². The molecule has 1 aromatic carbocycles. The molecule has 1 aromatic rings. The van der Waals surface area contributed by atoms with E-state index in [9.17, 15) is 9.59 Å². The quantitative estimate of drug-likeness (QED) is 0.765. The van der Waals surface area contributed by atoms with Crippen LogP contribution < -0.4 is 15.8 Å². The van der Waals surface area contributed by atoms with Crippen LogP contribution in [-0.2, 0) is 9.59 Å². The minimum absolute atomic E-state index is 0.108. The first kappa shape index (κ1) is 15.3. The lowest BCUT2D eigenvalue weighted by Crippen LogP contribution is -2.44. The molecule has 4 N–H and O–H groups in total. The topological polar surface area (TPSA) is 102 Å². The molecule has 0 radical (unpaired) electrons. The Balaban J connectivity index is 2.04. The van der Waals surface area contributed by atoms with E-state index in [1.165, 1.54) is 0 Å². The maximum absolute atomic E-state index is 12.4. The summed E-state index contributed by atoms with van der Waals surface area (Å²) in [6.07, 6.45) is 2.58. The van der Waals surface area contributed by atoms with Crippen LogP contribution in [0, 0.1) is 5.41 Å². The summed E-state index contributed by atoms with van der Waals surface area (Å²) in [6, 6.07) is 6.54. The molecule has 1 fully saturated rings. The zero-order valence-electron chi connectivity index (χ0n) is 12.0. The van der Waals surface area contributed by atoms with Crippen molar-refractivity contribution in [3.8, 4) is 5.75 Å². The lowest BCUT2D eigenvalue weighted by atomic mass is 9.84. The lowest BCUT2D eigenvalue weighted by molar-refractivity contribution is -0.139. The van der Waals surface area contributed by atoms with Gasteiger partial charge in [-0.15, -0.1) is 0 Å². The molecule has 1 aliphatic carbocycles. The second-order valence-corrected chi connectivity index (χ2v) is 5.58. The van der Waals surface area contributed by atoms with E-state index in [-0.39, 0.29) is 11.9 Å². The van der Waals surface area contributed by atoms with Crippen LogP contribution in [0.2, 0.25) is 0 Å². The Kier molecular flexibility index (Phi) is 4.47. The monoisotopic (exact) mass is 292 g/mol. The first-order valence-electron chi connectivity index (χ1n) is 6.93. The summed E-state index contributed by atoms with van der Waals surface area (Å²) in [4.78, 5) is 22.9. The van der Waals surface area contributed by atoms with Gasteiger partial charge in [0.25, 0.3) is 0 Å². The zero-order valence-corrected chi connectivity index (χ0v) is 12.0. The number of aliphatic carboxylic acids is 1. The molecule has 6 nitrogen and oxygen atoms in total. The molecule has 2 atom stereocenters.